The van der Waals surface area contributed by atoms with Crippen LogP contribution in [0, 0.1) is 20.2 Å². The van der Waals surface area contributed by atoms with Crippen molar-refractivity contribution in [3.63, 3.8) is 0 Å². The first-order valence-electron chi connectivity index (χ1n) is 10.6. The minimum atomic E-state index is -0.808. The van der Waals surface area contributed by atoms with Gasteiger partial charge in [-0.25, -0.2) is 0 Å². The predicted octanol–water partition coefficient (Wildman–Crippen LogP) is 6.84. The van der Waals surface area contributed by atoms with Crippen molar-refractivity contribution in [2.24, 2.45) is 0 Å². The van der Waals surface area contributed by atoms with E-state index in [1.165, 1.54) is 64.2 Å². The summed E-state index contributed by atoms with van der Waals surface area (Å²) in [7, 11) is 0. The third kappa shape index (κ3) is 9.15. The third-order valence-electron chi connectivity index (χ3n) is 5.12. The number of nitro benzene ring substituents is 2. The fourth-order valence-electron chi connectivity index (χ4n) is 3.46. The molecule has 0 amide bonds. The van der Waals surface area contributed by atoms with Gasteiger partial charge < -0.3 is 5.11 Å². The molecule has 7 nitrogen and oxygen atoms in total. The molecule has 0 saturated heterocycles. The third-order valence-corrected chi connectivity index (χ3v) is 5.12. The molecular weight excluding hydrogens is 360 g/mol. The van der Waals surface area contributed by atoms with Gasteiger partial charge in [0.15, 0.2) is 5.75 Å². The number of hydrogen-bond acceptors (Lipinski definition) is 5. The summed E-state index contributed by atoms with van der Waals surface area (Å²) in [6.45, 7) is 2.23. The van der Waals surface area contributed by atoms with Gasteiger partial charge in [0.2, 0.25) is 0 Å². The standard InChI is InChI=1S/C21H34N2O5/c1-2-3-4-5-6-7-8-9-10-11-12-13-14-15-18-16-21(24)20(23(27)28)17-19(18)22(25)26/h16-17,24H,2-15H2,1H3. The molecule has 0 radical (unpaired) electrons. The summed E-state index contributed by atoms with van der Waals surface area (Å²) < 4.78 is 0. The van der Waals surface area contributed by atoms with Crippen molar-refractivity contribution >= 4 is 11.4 Å². The number of aromatic hydroxyl groups is 1. The van der Waals surface area contributed by atoms with E-state index in [1.807, 2.05) is 0 Å². The van der Waals surface area contributed by atoms with Crippen molar-refractivity contribution < 1.29 is 15.0 Å². The Morgan fingerprint density at radius 3 is 1.57 bits per heavy atom. The number of nitrogens with zero attached hydrogens (tertiary/aromatic N) is 2. The summed E-state index contributed by atoms with van der Waals surface area (Å²) >= 11 is 0. The molecule has 0 saturated carbocycles. The van der Waals surface area contributed by atoms with Crippen LogP contribution in [0.2, 0.25) is 0 Å². The van der Waals surface area contributed by atoms with Gasteiger partial charge in [-0.1, -0.05) is 84.0 Å². The van der Waals surface area contributed by atoms with E-state index in [-0.39, 0.29) is 5.69 Å². The van der Waals surface area contributed by atoms with Crippen molar-refractivity contribution in [1.82, 2.24) is 0 Å². The first-order valence-corrected chi connectivity index (χ1v) is 10.6. The van der Waals surface area contributed by atoms with Crippen LogP contribution in [0.4, 0.5) is 11.4 Å². The Morgan fingerprint density at radius 2 is 1.14 bits per heavy atom. The first-order chi connectivity index (χ1) is 13.5. The molecule has 0 bridgehead atoms. The second-order valence-corrected chi connectivity index (χ2v) is 7.48. The van der Waals surface area contributed by atoms with Gasteiger partial charge in [-0.2, -0.15) is 0 Å². The molecule has 1 N–H and O–H groups in total. The summed E-state index contributed by atoms with van der Waals surface area (Å²) in [6, 6.07) is 2.02. The van der Waals surface area contributed by atoms with Crippen LogP contribution in [0.1, 0.15) is 96.0 Å². The van der Waals surface area contributed by atoms with Gasteiger partial charge in [0.25, 0.3) is 5.69 Å². The van der Waals surface area contributed by atoms with E-state index in [0.29, 0.717) is 12.0 Å². The summed E-state index contributed by atoms with van der Waals surface area (Å²) in [6.07, 6.45) is 16.3. The van der Waals surface area contributed by atoms with E-state index in [0.717, 1.165) is 31.4 Å². The molecule has 0 aromatic heterocycles. The topological polar surface area (TPSA) is 107 Å². The molecule has 1 aromatic rings. The molecule has 7 heteroatoms. The Kier molecular flexibility index (Phi) is 11.9. The Bertz CT molecular complexity index is 619. The number of unbranched alkanes of at least 4 members (excludes halogenated alkanes) is 12. The Morgan fingerprint density at radius 1 is 0.714 bits per heavy atom. The Hall–Kier alpha value is -2.18. The first kappa shape index (κ1) is 23.9. The maximum atomic E-state index is 11.1. The average Bonchev–Trinajstić information content (AvgIpc) is 2.65. The minimum absolute atomic E-state index is 0.288. The van der Waals surface area contributed by atoms with Gasteiger partial charge in [-0.05, 0) is 18.9 Å². The zero-order valence-electron chi connectivity index (χ0n) is 17.0. The summed E-state index contributed by atoms with van der Waals surface area (Å²) in [5.41, 5.74) is -0.555. The lowest BCUT2D eigenvalue weighted by Gasteiger charge is -2.05. The molecule has 28 heavy (non-hydrogen) atoms. The van der Waals surface area contributed by atoms with Crippen LogP contribution in [-0.2, 0) is 6.42 Å². The maximum absolute atomic E-state index is 11.1. The molecule has 0 aliphatic carbocycles. The lowest BCUT2D eigenvalue weighted by Crippen LogP contribution is -1.99. The van der Waals surface area contributed by atoms with Gasteiger partial charge in [-0.15, -0.1) is 0 Å². The molecule has 0 heterocycles. The second kappa shape index (κ2) is 13.9. The molecule has 0 aliphatic heterocycles. The highest BCUT2D eigenvalue weighted by Gasteiger charge is 2.23. The highest BCUT2D eigenvalue weighted by molar-refractivity contribution is 5.57. The summed E-state index contributed by atoms with van der Waals surface area (Å²) in [5.74, 6) is -0.514. The number of phenolic OH excluding ortho intramolecular Hbond substituents is 1. The number of benzene rings is 1. The smallest absolute Gasteiger partial charge is 0.317 e. The van der Waals surface area contributed by atoms with Crippen LogP contribution in [0.5, 0.6) is 5.75 Å². The van der Waals surface area contributed by atoms with Crippen molar-refractivity contribution in [2.45, 2.75) is 96.8 Å². The lowest BCUT2D eigenvalue weighted by molar-refractivity contribution is -0.395. The molecule has 1 aromatic carbocycles. The fourth-order valence-corrected chi connectivity index (χ4v) is 3.46. The monoisotopic (exact) mass is 394 g/mol. The van der Waals surface area contributed by atoms with Crippen LogP contribution < -0.4 is 0 Å². The van der Waals surface area contributed by atoms with E-state index in [2.05, 4.69) is 6.92 Å². The highest BCUT2D eigenvalue weighted by atomic mass is 16.6. The normalized spacial score (nSPS) is 10.9. The molecule has 158 valence electrons. The van der Waals surface area contributed by atoms with Crippen molar-refractivity contribution in [3.05, 3.63) is 37.9 Å². The minimum Gasteiger partial charge on any atom is -0.502 e. The van der Waals surface area contributed by atoms with Crippen LogP contribution >= 0.6 is 0 Å². The van der Waals surface area contributed by atoms with Crippen LogP contribution in [0.15, 0.2) is 12.1 Å². The van der Waals surface area contributed by atoms with Gasteiger partial charge in [0, 0.05) is 5.56 Å². The maximum Gasteiger partial charge on any atom is 0.317 e. The lowest BCUT2D eigenvalue weighted by atomic mass is 10.0. The average molecular weight is 395 g/mol. The largest absolute Gasteiger partial charge is 0.502 e. The van der Waals surface area contributed by atoms with Crippen LogP contribution in [0.3, 0.4) is 0 Å². The number of rotatable bonds is 16. The molecule has 0 fully saturated rings. The molecule has 0 spiro atoms. The molecular formula is C21H34N2O5. The molecule has 1 rings (SSSR count). The van der Waals surface area contributed by atoms with Gasteiger partial charge in [0.1, 0.15) is 0 Å². The molecule has 0 atom stereocenters. The fraction of sp³-hybridized carbons (Fsp3) is 0.714. The van der Waals surface area contributed by atoms with E-state index in [1.54, 1.807) is 0 Å². The second-order valence-electron chi connectivity index (χ2n) is 7.48. The number of hydrogen-bond donors (Lipinski definition) is 1. The SMILES string of the molecule is CCCCCCCCCCCCCCCc1cc(O)c([N+](=O)[O-])cc1[N+](=O)[O-]. The van der Waals surface area contributed by atoms with Crippen molar-refractivity contribution in [3.8, 4) is 5.75 Å². The quantitative estimate of drug-likeness (QED) is 0.187. The zero-order valence-corrected chi connectivity index (χ0v) is 17.0. The van der Waals surface area contributed by atoms with Crippen LogP contribution in [-0.4, -0.2) is 15.0 Å². The highest BCUT2D eigenvalue weighted by Crippen LogP contribution is 2.34. The predicted molar refractivity (Wildman–Crippen MR) is 111 cm³/mol. The van der Waals surface area contributed by atoms with Crippen molar-refractivity contribution in [1.29, 1.82) is 0 Å². The molecule has 0 unspecified atom stereocenters. The van der Waals surface area contributed by atoms with E-state index < -0.39 is 21.3 Å². The van der Waals surface area contributed by atoms with E-state index in [4.69, 9.17) is 0 Å². The summed E-state index contributed by atoms with van der Waals surface area (Å²) in [5, 5.41) is 31.7. The number of aryl methyl sites for hydroxylation is 1. The van der Waals surface area contributed by atoms with E-state index in [9.17, 15) is 25.3 Å². The van der Waals surface area contributed by atoms with Gasteiger partial charge in [-0.3, -0.25) is 20.2 Å². The molecule has 0 aliphatic rings. The van der Waals surface area contributed by atoms with Crippen molar-refractivity contribution in [2.75, 3.05) is 0 Å². The summed E-state index contributed by atoms with van der Waals surface area (Å²) in [4.78, 5) is 20.5. The Balaban J connectivity index is 2.20. The number of nitro groups is 2. The van der Waals surface area contributed by atoms with Gasteiger partial charge in [0.05, 0.1) is 15.9 Å². The van der Waals surface area contributed by atoms with E-state index >= 15 is 0 Å². The zero-order chi connectivity index (χ0) is 20.8. The Labute approximate surface area is 167 Å². The van der Waals surface area contributed by atoms with Gasteiger partial charge >= 0.3 is 5.69 Å². The number of phenols is 1. The van der Waals surface area contributed by atoms with Crippen LogP contribution in [0.25, 0.3) is 0 Å².